The molecule has 1 aliphatic rings. The van der Waals surface area contributed by atoms with Crippen molar-refractivity contribution >= 4 is 33.5 Å². The summed E-state index contributed by atoms with van der Waals surface area (Å²) < 4.78 is 5.84. The molecule has 0 amide bonds. The molecule has 0 unspecified atom stereocenters. The molecule has 0 saturated heterocycles. The van der Waals surface area contributed by atoms with Gasteiger partial charge in [0.2, 0.25) is 6.73 Å². The summed E-state index contributed by atoms with van der Waals surface area (Å²) in [5.74, 6) is 0. The molecular weight excluding hydrogens is 327 g/mol. The zero-order chi connectivity index (χ0) is 11.8. The van der Waals surface area contributed by atoms with Gasteiger partial charge >= 0.3 is 0 Å². The minimum absolute atomic E-state index is 0.810. The first-order chi connectivity index (χ1) is 8.24. The van der Waals surface area contributed by atoms with Crippen molar-refractivity contribution in [2.45, 2.75) is 13.0 Å². The third-order valence-electron chi connectivity index (χ3n) is 3.31. The number of H-pyrrole nitrogens is 1. The maximum absolute atomic E-state index is 4.56. The van der Waals surface area contributed by atoms with Gasteiger partial charge in [-0.15, -0.1) is 0 Å². The van der Waals surface area contributed by atoms with Crippen LogP contribution in [0.25, 0.3) is 10.9 Å². The number of halogens is 1. The number of nitrogens with one attached hydrogen (secondary N) is 1. The minimum atomic E-state index is 0.810. The number of aliphatic hydroxyl groups is 2. The first kappa shape index (κ1) is 11.5. The molecule has 3 nitrogen and oxygen atoms in total. The third-order valence-corrected chi connectivity index (χ3v) is 3.98. The van der Waals surface area contributed by atoms with Gasteiger partial charge in [0.15, 0.2) is 6.61 Å². The van der Waals surface area contributed by atoms with Gasteiger partial charge in [0.1, 0.15) is 0 Å². The van der Waals surface area contributed by atoms with Gasteiger partial charge in [0.05, 0.1) is 5.69 Å². The van der Waals surface area contributed by atoms with Crippen molar-refractivity contribution in [1.82, 2.24) is 9.88 Å². The van der Waals surface area contributed by atoms with E-state index >= 15 is 0 Å². The molecule has 90 valence electrons. The SMILES string of the molecule is CN1CCc2c([nH]c3cc(I)ccc23)C[OH+]C1. The number of hydrogen-bond acceptors (Lipinski definition) is 1. The van der Waals surface area contributed by atoms with Crippen molar-refractivity contribution in [2.24, 2.45) is 0 Å². The predicted molar refractivity (Wildman–Crippen MR) is 78.1 cm³/mol. The molecule has 17 heavy (non-hydrogen) atoms. The van der Waals surface area contributed by atoms with Crippen molar-refractivity contribution in [1.29, 1.82) is 0 Å². The van der Waals surface area contributed by atoms with Gasteiger partial charge < -0.3 is 9.72 Å². The normalized spacial score (nSPS) is 17.8. The molecular formula is C13H16IN2O+. The van der Waals surface area contributed by atoms with E-state index in [2.05, 4.69) is 62.5 Å². The lowest BCUT2D eigenvalue weighted by Gasteiger charge is -2.17. The highest BCUT2D eigenvalue weighted by Crippen LogP contribution is 2.26. The molecule has 1 aliphatic heterocycles. The lowest BCUT2D eigenvalue weighted by Crippen LogP contribution is -2.28. The average Bonchev–Trinajstić information content (AvgIpc) is 2.60. The van der Waals surface area contributed by atoms with Crippen LogP contribution in [0, 0.1) is 3.57 Å². The fourth-order valence-electron chi connectivity index (χ4n) is 2.41. The smallest absolute Gasteiger partial charge is 0.204 e. The fraction of sp³-hybridized carbons (Fsp3) is 0.385. The van der Waals surface area contributed by atoms with Crippen LogP contribution < -0.4 is 0 Å². The van der Waals surface area contributed by atoms with E-state index in [9.17, 15) is 0 Å². The average molecular weight is 343 g/mol. The van der Waals surface area contributed by atoms with Crippen LogP contribution in [0.3, 0.4) is 0 Å². The molecule has 3 rings (SSSR count). The Labute approximate surface area is 114 Å². The molecule has 1 aromatic heterocycles. The second kappa shape index (κ2) is 4.59. The predicted octanol–water partition coefficient (Wildman–Crippen LogP) is 2.25. The first-order valence-electron chi connectivity index (χ1n) is 5.85. The molecule has 0 radical (unpaired) electrons. The molecule has 0 aliphatic carbocycles. The maximum atomic E-state index is 4.56. The van der Waals surface area contributed by atoms with E-state index in [-0.39, 0.29) is 0 Å². The molecule has 2 aromatic rings. The van der Waals surface area contributed by atoms with E-state index < -0.39 is 0 Å². The number of hydrogen-bond donors (Lipinski definition) is 1. The van der Waals surface area contributed by atoms with Crippen molar-refractivity contribution in [3.8, 4) is 0 Å². The highest BCUT2D eigenvalue weighted by atomic mass is 127. The van der Waals surface area contributed by atoms with E-state index in [1.165, 1.54) is 25.7 Å². The summed E-state index contributed by atoms with van der Waals surface area (Å²) in [5.41, 5.74) is 4.00. The molecule has 2 heterocycles. The molecule has 1 aromatic carbocycles. The number of fused-ring (bicyclic) bond motifs is 3. The summed E-state index contributed by atoms with van der Waals surface area (Å²) in [6, 6.07) is 6.62. The number of rotatable bonds is 0. The van der Waals surface area contributed by atoms with Crippen molar-refractivity contribution < 1.29 is 4.74 Å². The second-order valence-corrected chi connectivity index (χ2v) is 5.87. The molecule has 0 spiro atoms. The molecule has 0 atom stereocenters. The number of benzene rings is 1. The first-order valence-corrected chi connectivity index (χ1v) is 6.92. The van der Waals surface area contributed by atoms with Crippen LogP contribution in [-0.2, 0) is 13.0 Å². The van der Waals surface area contributed by atoms with Crippen LogP contribution in [0.4, 0.5) is 0 Å². The van der Waals surface area contributed by atoms with Gasteiger partial charge in [-0.25, -0.2) is 4.90 Å². The van der Waals surface area contributed by atoms with E-state index in [1.807, 2.05) is 0 Å². The lowest BCUT2D eigenvalue weighted by atomic mass is 10.1. The van der Waals surface area contributed by atoms with E-state index in [1.54, 1.807) is 0 Å². The van der Waals surface area contributed by atoms with Gasteiger partial charge in [0, 0.05) is 21.0 Å². The standard InChI is InChI=1S/C13H15IN2O/c1-16-5-4-11-10-3-2-9(14)6-12(10)15-13(11)7-17-8-16/h2-3,6,15H,4-5,7-8H2,1H3/p+1. The summed E-state index contributed by atoms with van der Waals surface area (Å²) in [5, 5.41) is 1.37. The Morgan fingerprint density at radius 1 is 1.41 bits per heavy atom. The molecule has 0 saturated carbocycles. The number of aromatic nitrogens is 1. The van der Waals surface area contributed by atoms with E-state index in [0.29, 0.717) is 0 Å². The van der Waals surface area contributed by atoms with Gasteiger partial charge in [-0.3, -0.25) is 0 Å². The van der Waals surface area contributed by atoms with Crippen molar-refractivity contribution in [3.63, 3.8) is 0 Å². The van der Waals surface area contributed by atoms with Crippen LogP contribution in [0.15, 0.2) is 18.2 Å². The third kappa shape index (κ3) is 2.21. The largest absolute Gasteiger partial charge is 0.417 e. The summed E-state index contributed by atoms with van der Waals surface area (Å²) in [4.78, 5) is 5.79. The Bertz CT molecular complexity index is 550. The van der Waals surface area contributed by atoms with Crippen molar-refractivity contribution in [2.75, 3.05) is 20.3 Å². The molecule has 4 heteroatoms. The van der Waals surface area contributed by atoms with Crippen LogP contribution in [0.1, 0.15) is 11.3 Å². The maximum Gasteiger partial charge on any atom is 0.204 e. The highest BCUT2D eigenvalue weighted by molar-refractivity contribution is 14.1. The Kier molecular flexibility index (Phi) is 3.10. The van der Waals surface area contributed by atoms with Crippen LogP contribution in [-0.4, -0.2) is 34.9 Å². The summed E-state index contributed by atoms with van der Waals surface area (Å²) >= 11 is 2.36. The fourth-order valence-corrected chi connectivity index (χ4v) is 2.90. The van der Waals surface area contributed by atoms with E-state index in [4.69, 9.17) is 0 Å². The molecule has 2 N–H and O–H groups in total. The number of nitrogens with zero attached hydrogens (tertiary/aromatic N) is 1. The number of ether oxygens (including phenoxy) is 1. The van der Waals surface area contributed by atoms with E-state index in [0.717, 1.165) is 26.3 Å². The Morgan fingerprint density at radius 3 is 3.18 bits per heavy atom. The van der Waals surface area contributed by atoms with Crippen LogP contribution >= 0.6 is 22.6 Å². The monoisotopic (exact) mass is 343 g/mol. The Balaban J connectivity index is 2.10. The Hall–Kier alpha value is -0.590. The van der Waals surface area contributed by atoms with Crippen molar-refractivity contribution in [3.05, 3.63) is 33.0 Å². The van der Waals surface area contributed by atoms with Crippen LogP contribution in [0.2, 0.25) is 0 Å². The second-order valence-electron chi connectivity index (χ2n) is 4.62. The van der Waals surface area contributed by atoms with Gasteiger partial charge in [-0.05, 0) is 53.8 Å². The highest BCUT2D eigenvalue weighted by Gasteiger charge is 2.17. The molecule has 0 bridgehead atoms. The quantitative estimate of drug-likeness (QED) is 0.578. The summed E-state index contributed by atoms with van der Waals surface area (Å²) in [6.07, 6.45) is 1.11. The lowest BCUT2D eigenvalue weighted by molar-refractivity contribution is -0.113. The number of aromatic amines is 1. The minimum Gasteiger partial charge on any atom is -0.417 e. The zero-order valence-electron chi connectivity index (χ0n) is 9.83. The zero-order valence-corrected chi connectivity index (χ0v) is 12.0. The Morgan fingerprint density at radius 2 is 2.29 bits per heavy atom. The van der Waals surface area contributed by atoms with Crippen LogP contribution in [0.5, 0.6) is 0 Å². The van der Waals surface area contributed by atoms with Gasteiger partial charge in [0.25, 0.3) is 0 Å². The van der Waals surface area contributed by atoms with Gasteiger partial charge in [-0.1, -0.05) is 6.07 Å². The van der Waals surface area contributed by atoms with Gasteiger partial charge in [-0.2, -0.15) is 0 Å². The topological polar surface area (TPSA) is 31.8 Å². The molecule has 0 fully saturated rings. The summed E-state index contributed by atoms with van der Waals surface area (Å²) in [6.45, 7) is 2.73. The number of likely N-dealkylation sites (N-methyl/N-ethyl adjacent to an activating group) is 1. The summed E-state index contributed by atoms with van der Waals surface area (Å²) in [7, 11) is 2.13.